The molecule has 0 amide bonds. The SMILES string of the molecule is CC1=CCN([C@@H](C)c2ccccc2)[C@@H](C(=O)O)C1. The molecule has 0 aliphatic carbocycles. The van der Waals surface area contributed by atoms with Gasteiger partial charge in [-0.3, -0.25) is 9.69 Å². The molecule has 1 aliphatic heterocycles. The van der Waals surface area contributed by atoms with Crippen LogP contribution in [0, 0.1) is 0 Å². The predicted octanol–water partition coefficient (Wildman–Crippen LogP) is 2.85. The molecule has 96 valence electrons. The summed E-state index contributed by atoms with van der Waals surface area (Å²) in [6.07, 6.45) is 2.74. The van der Waals surface area contributed by atoms with Crippen LogP contribution >= 0.6 is 0 Å². The third kappa shape index (κ3) is 2.62. The molecule has 1 aliphatic rings. The van der Waals surface area contributed by atoms with Crippen LogP contribution in [-0.4, -0.2) is 28.6 Å². The monoisotopic (exact) mass is 245 g/mol. The molecule has 18 heavy (non-hydrogen) atoms. The summed E-state index contributed by atoms with van der Waals surface area (Å²) in [5.41, 5.74) is 2.33. The van der Waals surface area contributed by atoms with Crippen LogP contribution in [-0.2, 0) is 4.79 Å². The molecular weight excluding hydrogens is 226 g/mol. The van der Waals surface area contributed by atoms with Crippen molar-refractivity contribution in [3.63, 3.8) is 0 Å². The molecule has 0 radical (unpaired) electrons. The van der Waals surface area contributed by atoms with Crippen molar-refractivity contribution < 1.29 is 9.90 Å². The van der Waals surface area contributed by atoms with Gasteiger partial charge in [-0.1, -0.05) is 42.0 Å². The van der Waals surface area contributed by atoms with E-state index < -0.39 is 12.0 Å². The van der Waals surface area contributed by atoms with Gasteiger partial charge in [-0.25, -0.2) is 0 Å². The average Bonchev–Trinajstić information content (AvgIpc) is 2.39. The molecule has 1 aromatic rings. The Morgan fingerprint density at radius 3 is 2.67 bits per heavy atom. The Hall–Kier alpha value is -1.61. The van der Waals surface area contributed by atoms with E-state index in [0.29, 0.717) is 13.0 Å². The van der Waals surface area contributed by atoms with Crippen LogP contribution in [0.4, 0.5) is 0 Å². The Kier molecular flexibility index (Phi) is 3.82. The van der Waals surface area contributed by atoms with E-state index >= 15 is 0 Å². The second-order valence-electron chi connectivity index (χ2n) is 4.89. The van der Waals surface area contributed by atoms with Crippen molar-refractivity contribution >= 4 is 5.97 Å². The van der Waals surface area contributed by atoms with Crippen LogP contribution in [0.15, 0.2) is 42.0 Å². The van der Waals surface area contributed by atoms with Crippen LogP contribution in [0.5, 0.6) is 0 Å². The van der Waals surface area contributed by atoms with Crippen LogP contribution in [0.3, 0.4) is 0 Å². The Morgan fingerprint density at radius 1 is 1.39 bits per heavy atom. The van der Waals surface area contributed by atoms with Crippen LogP contribution in [0.1, 0.15) is 31.9 Å². The molecule has 1 aromatic carbocycles. The van der Waals surface area contributed by atoms with Crippen LogP contribution in [0.25, 0.3) is 0 Å². The van der Waals surface area contributed by atoms with Gasteiger partial charge in [-0.15, -0.1) is 0 Å². The molecule has 0 spiro atoms. The van der Waals surface area contributed by atoms with E-state index in [9.17, 15) is 9.90 Å². The van der Waals surface area contributed by atoms with E-state index in [1.54, 1.807) is 0 Å². The summed E-state index contributed by atoms with van der Waals surface area (Å²) in [7, 11) is 0. The maximum Gasteiger partial charge on any atom is 0.321 e. The maximum atomic E-state index is 11.4. The van der Waals surface area contributed by atoms with Gasteiger partial charge in [-0.2, -0.15) is 0 Å². The summed E-state index contributed by atoms with van der Waals surface area (Å²) in [6.45, 7) is 4.78. The molecule has 0 unspecified atom stereocenters. The summed E-state index contributed by atoms with van der Waals surface area (Å²) in [6, 6.07) is 9.77. The molecule has 3 nitrogen and oxygen atoms in total. The normalized spacial score (nSPS) is 22.3. The summed E-state index contributed by atoms with van der Waals surface area (Å²) in [5, 5.41) is 9.35. The van der Waals surface area contributed by atoms with Gasteiger partial charge in [0.05, 0.1) is 0 Å². The third-order valence-corrected chi connectivity index (χ3v) is 3.63. The fourth-order valence-corrected chi connectivity index (χ4v) is 2.47. The lowest BCUT2D eigenvalue weighted by Gasteiger charge is -2.36. The van der Waals surface area contributed by atoms with E-state index in [4.69, 9.17) is 0 Å². The highest BCUT2D eigenvalue weighted by molar-refractivity contribution is 5.74. The molecule has 3 heteroatoms. The summed E-state index contributed by atoms with van der Waals surface area (Å²) in [5.74, 6) is -0.731. The summed E-state index contributed by atoms with van der Waals surface area (Å²) < 4.78 is 0. The van der Waals surface area contributed by atoms with Crippen molar-refractivity contribution in [2.75, 3.05) is 6.54 Å². The first kappa shape index (κ1) is 12.8. The zero-order valence-corrected chi connectivity index (χ0v) is 10.8. The molecular formula is C15H19NO2. The molecule has 0 saturated carbocycles. The molecule has 2 atom stereocenters. The molecule has 0 aromatic heterocycles. The van der Waals surface area contributed by atoms with Gasteiger partial charge in [0.25, 0.3) is 0 Å². The lowest BCUT2D eigenvalue weighted by atomic mass is 9.97. The fourth-order valence-electron chi connectivity index (χ4n) is 2.47. The minimum atomic E-state index is -0.731. The zero-order valence-electron chi connectivity index (χ0n) is 10.8. The first-order chi connectivity index (χ1) is 8.59. The van der Waals surface area contributed by atoms with Gasteiger partial charge in [0.15, 0.2) is 0 Å². The lowest BCUT2D eigenvalue weighted by Crippen LogP contribution is -2.45. The van der Waals surface area contributed by atoms with Gasteiger partial charge < -0.3 is 5.11 Å². The van der Waals surface area contributed by atoms with Gasteiger partial charge >= 0.3 is 5.97 Å². The molecule has 0 fully saturated rings. The highest BCUT2D eigenvalue weighted by atomic mass is 16.4. The number of carboxylic acids is 1. The fraction of sp³-hybridized carbons (Fsp3) is 0.400. The minimum absolute atomic E-state index is 0.122. The standard InChI is InChI=1S/C15H19NO2/c1-11-8-9-16(14(10-11)15(17)18)12(2)13-6-4-3-5-7-13/h3-8,12,14H,9-10H2,1-2H3,(H,17,18)/t12-,14+/m0/s1. The number of benzene rings is 1. The second kappa shape index (κ2) is 5.36. The van der Waals surface area contributed by atoms with E-state index in [1.165, 1.54) is 5.57 Å². The van der Waals surface area contributed by atoms with Crippen molar-refractivity contribution in [1.29, 1.82) is 0 Å². The highest BCUT2D eigenvalue weighted by Crippen LogP contribution is 2.28. The molecule has 1 heterocycles. The maximum absolute atomic E-state index is 11.4. The topological polar surface area (TPSA) is 40.5 Å². The van der Waals surface area contributed by atoms with E-state index in [1.807, 2.05) is 30.0 Å². The van der Waals surface area contributed by atoms with Crippen molar-refractivity contribution in [1.82, 2.24) is 4.90 Å². The van der Waals surface area contributed by atoms with Gasteiger partial charge in [0.1, 0.15) is 6.04 Å². The van der Waals surface area contributed by atoms with Crippen molar-refractivity contribution in [2.45, 2.75) is 32.4 Å². The van der Waals surface area contributed by atoms with E-state index in [2.05, 4.69) is 25.1 Å². The first-order valence-corrected chi connectivity index (χ1v) is 6.28. The molecule has 2 rings (SSSR count). The van der Waals surface area contributed by atoms with Crippen molar-refractivity contribution in [3.8, 4) is 0 Å². The molecule has 0 bridgehead atoms. The Labute approximate surface area is 108 Å². The van der Waals surface area contributed by atoms with E-state index in [0.717, 1.165) is 5.56 Å². The molecule has 0 saturated heterocycles. The van der Waals surface area contributed by atoms with E-state index in [-0.39, 0.29) is 6.04 Å². The van der Waals surface area contributed by atoms with Gasteiger partial charge in [-0.05, 0) is 25.8 Å². The Bertz CT molecular complexity index is 453. The lowest BCUT2D eigenvalue weighted by molar-refractivity contribution is -0.144. The first-order valence-electron chi connectivity index (χ1n) is 6.28. The number of nitrogens with zero attached hydrogens (tertiary/aromatic N) is 1. The summed E-state index contributed by atoms with van der Waals surface area (Å²) in [4.78, 5) is 13.4. The highest BCUT2D eigenvalue weighted by Gasteiger charge is 2.31. The van der Waals surface area contributed by atoms with Crippen molar-refractivity contribution in [3.05, 3.63) is 47.5 Å². The zero-order chi connectivity index (χ0) is 13.1. The predicted molar refractivity (Wildman–Crippen MR) is 71.4 cm³/mol. The number of hydrogen-bond donors (Lipinski definition) is 1. The number of carboxylic acid groups (broad SMARTS) is 1. The van der Waals surface area contributed by atoms with Crippen LogP contribution < -0.4 is 0 Å². The number of rotatable bonds is 3. The van der Waals surface area contributed by atoms with Crippen molar-refractivity contribution in [2.24, 2.45) is 0 Å². The number of carbonyl (C=O) groups is 1. The minimum Gasteiger partial charge on any atom is -0.480 e. The Morgan fingerprint density at radius 2 is 2.06 bits per heavy atom. The van der Waals surface area contributed by atoms with Crippen LogP contribution in [0.2, 0.25) is 0 Å². The number of hydrogen-bond acceptors (Lipinski definition) is 2. The Balaban J connectivity index is 2.23. The van der Waals surface area contributed by atoms with Gasteiger partial charge in [0.2, 0.25) is 0 Å². The largest absolute Gasteiger partial charge is 0.480 e. The summed E-state index contributed by atoms with van der Waals surface area (Å²) >= 11 is 0. The smallest absolute Gasteiger partial charge is 0.321 e. The third-order valence-electron chi connectivity index (χ3n) is 3.63. The van der Waals surface area contributed by atoms with Gasteiger partial charge in [0, 0.05) is 12.6 Å². The second-order valence-corrected chi connectivity index (χ2v) is 4.89. The quantitative estimate of drug-likeness (QED) is 0.832. The molecule has 1 N–H and O–H groups in total. The number of aliphatic carboxylic acids is 1. The average molecular weight is 245 g/mol.